The number of nitrogens with one attached hydrogen (secondary N) is 2. The van der Waals surface area contributed by atoms with Crippen molar-refractivity contribution in [1.29, 1.82) is 0 Å². The van der Waals surface area contributed by atoms with Crippen LogP contribution in [0.3, 0.4) is 0 Å². The fraction of sp³-hybridized carbons (Fsp3) is 0.250. The van der Waals surface area contributed by atoms with Crippen LogP contribution < -0.4 is 22.1 Å². The van der Waals surface area contributed by atoms with Crippen molar-refractivity contribution in [2.45, 2.75) is 32.0 Å². The smallest absolute Gasteiger partial charge is 0.396 e. The van der Waals surface area contributed by atoms with Gasteiger partial charge in [0.15, 0.2) is 11.6 Å². The van der Waals surface area contributed by atoms with Gasteiger partial charge in [-0.3, -0.25) is 14.6 Å². The number of allylic oxidation sites excluding steroid dienone is 1. The lowest BCUT2D eigenvalue weighted by Gasteiger charge is -2.10. The molecule has 206 valence electrons. The monoisotopic (exact) mass is 548 g/mol. The average molecular weight is 549 g/mol. The molecule has 1 aromatic carbocycles. The number of aliphatic imine (C=N–C) groups is 1. The fourth-order valence-electron chi connectivity index (χ4n) is 3.11. The van der Waals surface area contributed by atoms with E-state index in [4.69, 9.17) is 16.0 Å². The molecule has 0 bridgehead atoms. The first-order valence-corrected chi connectivity index (χ1v) is 11.5. The van der Waals surface area contributed by atoms with Crippen LogP contribution in [0, 0.1) is 5.82 Å². The highest BCUT2D eigenvalue weighted by Gasteiger charge is 2.38. The molecule has 0 saturated carbocycles. The number of unbranched alkanes of at least 4 members (excludes halogenated alkanes) is 1. The molecule has 2 amide bonds. The SMILES string of the molecule is NC(=CC(=NCc1ccccc1F)c1ccon1)c1ncc(NC(=O)CCCCNC(=O)C(F)(F)F)c(N)n1. The van der Waals surface area contributed by atoms with Gasteiger partial charge in [0.25, 0.3) is 0 Å². The van der Waals surface area contributed by atoms with Gasteiger partial charge in [-0.2, -0.15) is 13.2 Å². The maximum absolute atomic E-state index is 14.0. The highest BCUT2D eigenvalue weighted by Crippen LogP contribution is 2.18. The zero-order valence-electron chi connectivity index (χ0n) is 20.3. The molecule has 0 unspecified atom stereocenters. The number of amides is 2. The minimum absolute atomic E-state index is 0.00130. The number of nitrogen functional groups attached to an aromatic ring is 1. The van der Waals surface area contributed by atoms with Crippen molar-refractivity contribution in [3.05, 3.63) is 71.8 Å². The van der Waals surface area contributed by atoms with Crippen molar-refractivity contribution in [2.24, 2.45) is 10.7 Å². The minimum Gasteiger partial charge on any atom is -0.396 e. The maximum Gasteiger partial charge on any atom is 0.471 e. The number of hydrogen-bond acceptors (Lipinski definition) is 9. The zero-order valence-corrected chi connectivity index (χ0v) is 20.3. The van der Waals surface area contributed by atoms with E-state index < -0.39 is 23.8 Å². The molecule has 0 radical (unpaired) electrons. The number of nitrogens with two attached hydrogens (primary N) is 2. The summed E-state index contributed by atoms with van der Waals surface area (Å²) >= 11 is 0. The summed E-state index contributed by atoms with van der Waals surface area (Å²) in [6, 6.07) is 7.70. The molecule has 0 fully saturated rings. The van der Waals surface area contributed by atoms with Crippen molar-refractivity contribution < 1.29 is 31.7 Å². The van der Waals surface area contributed by atoms with Crippen LogP contribution in [0.25, 0.3) is 5.70 Å². The summed E-state index contributed by atoms with van der Waals surface area (Å²) in [7, 11) is 0. The van der Waals surface area contributed by atoms with Crippen molar-refractivity contribution in [1.82, 2.24) is 20.4 Å². The fourth-order valence-corrected chi connectivity index (χ4v) is 3.11. The van der Waals surface area contributed by atoms with Gasteiger partial charge in [-0.25, -0.2) is 14.4 Å². The van der Waals surface area contributed by atoms with E-state index in [0.717, 1.165) is 0 Å². The lowest BCUT2D eigenvalue weighted by molar-refractivity contribution is -0.173. The summed E-state index contributed by atoms with van der Waals surface area (Å²) in [6.07, 6.45) is -0.613. The van der Waals surface area contributed by atoms with Gasteiger partial charge in [0, 0.05) is 24.6 Å². The summed E-state index contributed by atoms with van der Waals surface area (Å²) in [5.41, 5.74) is 13.2. The molecule has 3 aromatic rings. The Hall–Kier alpha value is -4.82. The molecule has 39 heavy (non-hydrogen) atoms. The van der Waals surface area contributed by atoms with E-state index >= 15 is 0 Å². The van der Waals surface area contributed by atoms with Crippen molar-refractivity contribution in [3.8, 4) is 0 Å². The summed E-state index contributed by atoms with van der Waals surface area (Å²) in [5, 5.41) is 8.07. The molecule has 0 aliphatic heterocycles. The molecule has 2 heterocycles. The molecule has 0 aliphatic carbocycles. The Labute approximate surface area is 219 Å². The molecule has 0 atom stereocenters. The number of aromatic nitrogens is 3. The first-order valence-electron chi connectivity index (χ1n) is 11.5. The summed E-state index contributed by atoms with van der Waals surface area (Å²) in [4.78, 5) is 35.5. The molecule has 0 aliphatic rings. The molecule has 3 rings (SSSR count). The van der Waals surface area contributed by atoms with Crippen LogP contribution in [0.15, 0.2) is 58.4 Å². The standard InChI is InChI=1S/C24H24F4N8O3/c25-15-6-2-1-5-14(15)12-32-18(17-8-10-39-36-17)11-16(29)22-33-13-19(21(30)35-22)34-20(37)7-3-4-9-31-23(38)24(26,27)28/h1-2,5-6,8,10-11,13H,3-4,7,9,12,29H2,(H,31,38)(H,34,37)(H2,30,33,35). The number of alkyl halides is 3. The van der Waals surface area contributed by atoms with Crippen LogP contribution in [-0.4, -0.2) is 45.4 Å². The van der Waals surface area contributed by atoms with E-state index in [1.165, 1.54) is 24.6 Å². The second-order valence-electron chi connectivity index (χ2n) is 8.03. The number of hydrogen-bond donors (Lipinski definition) is 4. The summed E-state index contributed by atoms with van der Waals surface area (Å²) < 4.78 is 55.3. The van der Waals surface area contributed by atoms with E-state index in [1.54, 1.807) is 29.6 Å². The lowest BCUT2D eigenvalue weighted by Crippen LogP contribution is -2.37. The van der Waals surface area contributed by atoms with Crippen LogP contribution in [0.2, 0.25) is 0 Å². The Balaban J connectivity index is 1.62. The molecular weight excluding hydrogens is 524 g/mol. The third-order valence-corrected chi connectivity index (χ3v) is 5.09. The molecule has 11 nitrogen and oxygen atoms in total. The van der Waals surface area contributed by atoms with Crippen molar-refractivity contribution in [3.63, 3.8) is 0 Å². The topological polar surface area (TPSA) is 174 Å². The van der Waals surface area contributed by atoms with Gasteiger partial charge in [0.2, 0.25) is 5.91 Å². The number of halogens is 4. The van der Waals surface area contributed by atoms with Gasteiger partial charge in [0.05, 0.1) is 24.2 Å². The average Bonchev–Trinajstić information content (AvgIpc) is 3.42. The van der Waals surface area contributed by atoms with Crippen LogP contribution in [0.5, 0.6) is 0 Å². The second-order valence-corrected chi connectivity index (χ2v) is 8.03. The maximum atomic E-state index is 14.0. The third-order valence-electron chi connectivity index (χ3n) is 5.09. The summed E-state index contributed by atoms with van der Waals surface area (Å²) in [6.45, 7) is -0.224. The predicted octanol–water partition coefficient (Wildman–Crippen LogP) is 2.96. The number of rotatable bonds is 11. The Morgan fingerprint density at radius 2 is 1.92 bits per heavy atom. The molecule has 15 heteroatoms. The number of anilines is 2. The Kier molecular flexibility index (Phi) is 9.67. The Morgan fingerprint density at radius 1 is 1.15 bits per heavy atom. The van der Waals surface area contributed by atoms with E-state index in [1.807, 2.05) is 0 Å². The van der Waals surface area contributed by atoms with E-state index in [0.29, 0.717) is 11.3 Å². The second kappa shape index (κ2) is 13.1. The van der Waals surface area contributed by atoms with Crippen molar-refractivity contribution in [2.75, 3.05) is 17.6 Å². The van der Waals surface area contributed by atoms with Crippen LogP contribution in [-0.2, 0) is 16.1 Å². The van der Waals surface area contributed by atoms with Crippen LogP contribution in [0.1, 0.15) is 36.3 Å². The van der Waals surface area contributed by atoms with Crippen LogP contribution >= 0.6 is 0 Å². The number of carbonyl (C=O) groups excluding carboxylic acids is 2. The van der Waals surface area contributed by atoms with E-state index in [9.17, 15) is 27.2 Å². The van der Waals surface area contributed by atoms with Gasteiger partial charge < -0.3 is 26.6 Å². The molecule has 2 aromatic heterocycles. The number of nitrogens with zero attached hydrogens (tertiary/aromatic N) is 4. The van der Waals surface area contributed by atoms with Gasteiger partial charge in [0.1, 0.15) is 23.5 Å². The van der Waals surface area contributed by atoms with E-state index in [2.05, 4.69) is 25.4 Å². The Bertz CT molecular complexity index is 1360. The normalized spacial score (nSPS) is 12.3. The molecule has 0 spiro atoms. The minimum atomic E-state index is -4.95. The summed E-state index contributed by atoms with van der Waals surface area (Å²) in [5.74, 6) is -2.99. The van der Waals surface area contributed by atoms with Gasteiger partial charge in [-0.15, -0.1) is 0 Å². The van der Waals surface area contributed by atoms with E-state index in [-0.39, 0.29) is 61.1 Å². The van der Waals surface area contributed by atoms with Crippen molar-refractivity contribution >= 4 is 34.7 Å². The number of benzene rings is 1. The Morgan fingerprint density at radius 3 is 2.59 bits per heavy atom. The number of carbonyl (C=O) groups is 2. The molecule has 6 N–H and O–H groups in total. The lowest BCUT2D eigenvalue weighted by atomic mass is 10.2. The highest BCUT2D eigenvalue weighted by molar-refractivity contribution is 6.10. The third kappa shape index (κ3) is 8.62. The van der Waals surface area contributed by atoms with Gasteiger partial charge in [-0.1, -0.05) is 23.4 Å². The first-order chi connectivity index (χ1) is 18.5. The predicted molar refractivity (Wildman–Crippen MR) is 133 cm³/mol. The van der Waals surface area contributed by atoms with Gasteiger partial charge >= 0.3 is 12.1 Å². The largest absolute Gasteiger partial charge is 0.471 e. The zero-order chi connectivity index (χ0) is 28.4. The first kappa shape index (κ1) is 28.7. The van der Waals surface area contributed by atoms with Crippen LogP contribution in [0.4, 0.5) is 29.1 Å². The molecule has 0 saturated heterocycles. The van der Waals surface area contributed by atoms with Gasteiger partial charge in [-0.05, 0) is 25.0 Å². The highest BCUT2D eigenvalue weighted by atomic mass is 19.4. The molecular formula is C24H24F4N8O3. The quantitative estimate of drug-likeness (QED) is 0.161.